The van der Waals surface area contributed by atoms with E-state index in [1.54, 1.807) is 4.90 Å². The van der Waals surface area contributed by atoms with Crippen LogP contribution in [0.1, 0.15) is 15.9 Å². The third-order valence-corrected chi connectivity index (χ3v) is 3.70. The van der Waals surface area contributed by atoms with Crippen molar-refractivity contribution in [2.24, 2.45) is 0 Å². The van der Waals surface area contributed by atoms with Crippen molar-refractivity contribution >= 4 is 21.8 Å². The maximum atomic E-state index is 12.5. The third kappa shape index (κ3) is 2.55. The summed E-state index contributed by atoms with van der Waals surface area (Å²) in [4.78, 5) is 14.1. The van der Waals surface area contributed by atoms with Crippen LogP contribution in [0.5, 0.6) is 0 Å². The zero-order chi connectivity index (χ0) is 13.1. The van der Waals surface area contributed by atoms with Gasteiger partial charge in [-0.3, -0.25) is 4.79 Å². The molecular formula is C13H14BrN3O. The lowest BCUT2D eigenvalue weighted by atomic mass is 10.1. The normalized spacial score (nSPS) is 19.4. The summed E-state index contributed by atoms with van der Waals surface area (Å²) in [6.07, 6.45) is 0. The van der Waals surface area contributed by atoms with Crippen molar-refractivity contribution in [2.45, 2.75) is 13.0 Å². The maximum absolute atomic E-state index is 12.5. The van der Waals surface area contributed by atoms with Gasteiger partial charge in [-0.25, -0.2) is 0 Å². The van der Waals surface area contributed by atoms with Gasteiger partial charge in [0.05, 0.1) is 11.6 Å². The van der Waals surface area contributed by atoms with Crippen LogP contribution in [-0.2, 0) is 0 Å². The molecule has 18 heavy (non-hydrogen) atoms. The van der Waals surface area contributed by atoms with Crippen molar-refractivity contribution in [2.75, 3.05) is 19.6 Å². The second kappa shape index (κ2) is 5.51. The number of nitrogens with zero attached hydrogens (tertiary/aromatic N) is 2. The van der Waals surface area contributed by atoms with Gasteiger partial charge in [-0.2, -0.15) is 5.26 Å². The molecule has 2 rings (SSSR count). The Labute approximate surface area is 115 Å². The standard InChI is InChI=1S/C13H14BrN3O/c1-9-2-3-12(14)11(6-9)13(18)17-5-4-16-8-10(17)7-15/h2-3,6,10,16H,4-5,8H2,1H3. The number of carbonyl (C=O) groups excluding carboxylic acids is 1. The summed E-state index contributed by atoms with van der Waals surface area (Å²) in [5.41, 5.74) is 1.65. The van der Waals surface area contributed by atoms with Gasteiger partial charge in [0.1, 0.15) is 6.04 Å². The summed E-state index contributed by atoms with van der Waals surface area (Å²) >= 11 is 3.39. The molecule has 1 fully saturated rings. The van der Waals surface area contributed by atoms with Gasteiger partial charge >= 0.3 is 0 Å². The molecule has 1 saturated heterocycles. The van der Waals surface area contributed by atoms with E-state index in [9.17, 15) is 4.79 Å². The maximum Gasteiger partial charge on any atom is 0.256 e. The fourth-order valence-corrected chi connectivity index (χ4v) is 2.44. The number of rotatable bonds is 1. The molecule has 0 radical (unpaired) electrons. The fourth-order valence-electron chi connectivity index (χ4n) is 2.02. The molecule has 1 unspecified atom stereocenters. The summed E-state index contributed by atoms with van der Waals surface area (Å²) in [6, 6.07) is 7.44. The molecule has 1 N–H and O–H groups in total. The molecule has 1 atom stereocenters. The Bertz CT molecular complexity index is 509. The van der Waals surface area contributed by atoms with E-state index in [2.05, 4.69) is 27.3 Å². The molecule has 0 aromatic heterocycles. The van der Waals surface area contributed by atoms with Gasteiger partial charge in [0.2, 0.25) is 0 Å². The predicted octanol–water partition coefficient (Wildman–Crippen LogP) is 1.70. The number of halogens is 1. The highest BCUT2D eigenvalue weighted by Gasteiger charge is 2.28. The van der Waals surface area contributed by atoms with E-state index < -0.39 is 6.04 Å². The molecule has 94 valence electrons. The second-order valence-electron chi connectivity index (χ2n) is 4.33. The number of nitriles is 1. The number of piperazine rings is 1. The highest BCUT2D eigenvalue weighted by Crippen LogP contribution is 2.21. The van der Waals surface area contributed by atoms with E-state index in [1.165, 1.54) is 0 Å². The van der Waals surface area contributed by atoms with Gasteiger partial charge in [0.25, 0.3) is 5.91 Å². The van der Waals surface area contributed by atoms with E-state index in [0.717, 1.165) is 16.6 Å². The fraction of sp³-hybridized carbons (Fsp3) is 0.385. The van der Waals surface area contributed by atoms with Gasteiger partial charge in [-0.15, -0.1) is 0 Å². The first kappa shape index (κ1) is 13.1. The van der Waals surface area contributed by atoms with Crippen molar-refractivity contribution in [3.63, 3.8) is 0 Å². The zero-order valence-electron chi connectivity index (χ0n) is 10.1. The Kier molecular flexibility index (Phi) is 4.00. The summed E-state index contributed by atoms with van der Waals surface area (Å²) in [5, 5.41) is 12.2. The first-order valence-corrected chi connectivity index (χ1v) is 6.60. The number of nitrogens with one attached hydrogen (secondary N) is 1. The van der Waals surface area contributed by atoms with E-state index in [-0.39, 0.29) is 5.91 Å². The first-order chi connectivity index (χ1) is 8.63. The van der Waals surface area contributed by atoms with E-state index in [4.69, 9.17) is 5.26 Å². The third-order valence-electron chi connectivity index (χ3n) is 3.01. The van der Waals surface area contributed by atoms with Crippen LogP contribution >= 0.6 is 15.9 Å². The highest BCUT2D eigenvalue weighted by atomic mass is 79.9. The van der Waals surface area contributed by atoms with Gasteiger partial charge < -0.3 is 10.2 Å². The molecule has 0 bridgehead atoms. The molecule has 1 aliphatic rings. The average Bonchev–Trinajstić information content (AvgIpc) is 2.40. The minimum Gasteiger partial charge on any atom is -0.320 e. The van der Waals surface area contributed by atoms with E-state index in [0.29, 0.717) is 18.7 Å². The Morgan fingerprint density at radius 1 is 1.61 bits per heavy atom. The largest absolute Gasteiger partial charge is 0.320 e. The molecule has 0 spiro atoms. The van der Waals surface area contributed by atoms with Crippen molar-refractivity contribution in [1.29, 1.82) is 5.26 Å². The first-order valence-electron chi connectivity index (χ1n) is 5.81. The van der Waals surface area contributed by atoms with E-state index >= 15 is 0 Å². The monoisotopic (exact) mass is 307 g/mol. The number of hydrogen-bond donors (Lipinski definition) is 1. The minimum atomic E-state index is -0.390. The number of hydrogen-bond acceptors (Lipinski definition) is 3. The second-order valence-corrected chi connectivity index (χ2v) is 5.19. The van der Waals surface area contributed by atoms with Crippen LogP contribution in [0.2, 0.25) is 0 Å². The minimum absolute atomic E-state index is 0.0846. The number of aryl methyl sites for hydroxylation is 1. The molecule has 1 aromatic carbocycles. The number of amides is 1. The summed E-state index contributed by atoms with van der Waals surface area (Å²) in [5.74, 6) is -0.0846. The van der Waals surface area contributed by atoms with Crippen LogP contribution in [0, 0.1) is 18.3 Å². The topological polar surface area (TPSA) is 56.1 Å². The van der Waals surface area contributed by atoms with Crippen LogP contribution in [0.3, 0.4) is 0 Å². The highest BCUT2D eigenvalue weighted by molar-refractivity contribution is 9.10. The number of carbonyl (C=O) groups is 1. The molecule has 5 heteroatoms. The lowest BCUT2D eigenvalue weighted by molar-refractivity contribution is 0.0686. The van der Waals surface area contributed by atoms with Crippen molar-refractivity contribution < 1.29 is 4.79 Å². The van der Waals surface area contributed by atoms with Gasteiger partial charge in [0, 0.05) is 24.1 Å². The average molecular weight is 308 g/mol. The van der Waals surface area contributed by atoms with Crippen LogP contribution in [0.4, 0.5) is 0 Å². The molecule has 1 amide bonds. The molecule has 1 aromatic rings. The Morgan fingerprint density at radius 2 is 2.39 bits per heavy atom. The summed E-state index contributed by atoms with van der Waals surface area (Å²) < 4.78 is 0.772. The van der Waals surface area contributed by atoms with E-state index in [1.807, 2.05) is 25.1 Å². The Morgan fingerprint density at radius 3 is 3.11 bits per heavy atom. The lowest BCUT2D eigenvalue weighted by Crippen LogP contribution is -2.53. The SMILES string of the molecule is Cc1ccc(Br)c(C(=O)N2CCNCC2C#N)c1. The number of benzene rings is 1. The van der Waals surface area contributed by atoms with Gasteiger partial charge in [-0.1, -0.05) is 11.6 Å². The molecule has 1 heterocycles. The Hall–Kier alpha value is -1.38. The molecule has 4 nitrogen and oxygen atoms in total. The molecular weight excluding hydrogens is 294 g/mol. The lowest BCUT2D eigenvalue weighted by Gasteiger charge is -2.32. The van der Waals surface area contributed by atoms with Crippen molar-refractivity contribution in [1.82, 2.24) is 10.2 Å². The van der Waals surface area contributed by atoms with Crippen LogP contribution in [0.25, 0.3) is 0 Å². The predicted molar refractivity (Wildman–Crippen MR) is 72.2 cm³/mol. The Balaban J connectivity index is 2.30. The van der Waals surface area contributed by atoms with Crippen LogP contribution < -0.4 is 5.32 Å². The van der Waals surface area contributed by atoms with Crippen molar-refractivity contribution in [3.05, 3.63) is 33.8 Å². The van der Waals surface area contributed by atoms with Gasteiger partial charge in [-0.05, 0) is 35.0 Å². The molecule has 1 aliphatic heterocycles. The zero-order valence-corrected chi connectivity index (χ0v) is 11.7. The summed E-state index contributed by atoms with van der Waals surface area (Å²) in [6.45, 7) is 3.78. The molecule has 0 aliphatic carbocycles. The van der Waals surface area contributed by atoms with Crippen LogP contribution in [-0.4, -0.2) is 36.5 Å². The molecule has 0 saturated carbocycles. The van der Waals surface area contributed by atoms with Crippen molar-refractivity contribution in [3.8, 4) is 6.07 Å². The van der Waals surface area contributed by atoms with Crippen LogP contribution in [0.15, 0.2) is 22.7 Å². The smallest absolute Gasteiger partial charge is 0.256 e. The van der Waals surface area contributed by atoms with Gasteiger partial charge in [0.15, 0.2) is 0 Å². The summed E-state index contributed by atoms with van der Waals surface area (Å²) in [7, 11) is 0. The quantitative estimate of drug-likeness (QED) is 0.859.